The van der Waals surface area contributed by atoms with Gasteiger partial charge in [0.25, 0.3) is 5.91 Å². The van der Waals surface area contributed by atoms with E-state index >= 15 is 0 Å². The Kier molecular flexibility index (Phi) is 4.04. The summed E-state index contributed by atoms with van der Waals surface area (Å²) < 4.78 is 5.63. The van der Waals surface area contributed by atoms with Crippen LogP contribution in [-0.4, -0.2) is 11.0 Å². The Morgan fingerprint density at radius 2 is 1.95 bits per heavy atom. The SMILES string of the molecule is NC(=O)c1ccccc1Oc1c(Cl)cccc1CO. The highest BCUT2D eigenvalue weighted by atomic mass is 35.5. The Hall–Kier alpha value is -2.04. The van der Waals surface area contributed by atoms with Crippen molar-refractivity contribution in [2.45, 2.75) is 6.61 Å². The molecule has 2 aromatic carbocycles. The van der Waals surface area contributed by atoms with Crippen LogP contribution in [0.25, 0.3) is 0 Å². The molecular formula is C14H12ClNO3. The number of carbonyl (C=O) groups excluding carboxylic acids is 1. The van der Waals surface area contributed by atoms with Crippen molar-refractivity contribution in [3.63, 3.8) is 0 Å². The number of hydrogen-bond donors (Lipinski definition) is 2. The summed E-state index contributed by atoms with van der Waals surface area (Å²) in [4.78, 5) is 11.3. The molecule has 0 saturated carbocycles. The third-order valence-electron chi connectivity index (χ3n) is 2.58. The number of ether oxygens (including phenoxy) is 1. The summed E-state index contributed by atoms with van der Waals surface area (Å²) in [6.45, 7) is -0.214. The quantitative estimate of drug-likeness (QED) is 0.902. The lowest BCUT2D eigenvalue weighted by Crippen LogP contribution is -2.12. The van der Waals surface area contributed by atoms with Gasteiger partial charge in [-0.1, -0.05) is 35.9 Å². The van der Waals surface area contributed by atoms with Crippen LogP contribution >= 0.6 is 11.6 Å². The van der Waals surface area contributed by atoms with Gasteiger partial charge in [-0.15, -0.1) is 0 Å². The first-order chi connectivity index (χ1) is 9.13. The van der Waals surface area contributed by atoms with E-state index in [4.69, 9.17) is 22.1 Å². The molecule has 0 heterocycles. The van der Waals surface area contributed by atoms with Crippen molar-refractivity contribution in [3.05, 3.63) is 58.6 Å². The van der Waals surface area contributed by atoms with Crippen molar-refractivity contribution in [1.82, 2.24) is 0 Å². The second kappa shape index (κ2) is 5.73. The molecule has 0 radical (unpaired) electrons. The molecule has 0 aromatic heterocycles. The molecule has 5 heteroatoms. The van der Waals surface area contributed by atoms with Crippen molar-refractivity contribution >= 4 is 17.5 Å². The van der Waals surface area contributed by atoms with Crippen LogP contribution < -0.4 is 10.5 Å². The molecule has 0 atom stereocenters. The van der Waals surface area contributed by atoms with Gasteiger partial charge in [0.2, 0.25) is 0 Å². The van der Waals surface area contributed by atoms with Gasteiger partial charge in [0.05, 0.1) is 17.2 Å². The van der Waals surface area contributed by atoms with Gasteiger partial charge < -0.3 is 15.6 Å². The smallest absolute Gasteiger partial charge is 0.252 e. The maximum atomic E-state index is 11.3. The number of carbonyl (C=O) groups is 1. The molecule has 3 N–H and O–H groups in total. The van der Waals surface area contributed by atoms with Crippen LogP contribution in [0.1, 0.15) is 15.9 Å². The Morgan fingerprint density at radius 3 is 2.63 bits per heavy atom. The lowest BCUT2D eigenvalue weighted by molar-refractivity contribution is 0.0998. The van der Waals surface area contributed by atoms with Crippen LogP contribution in [-0.2, 0) is 6.61 Å². The van der Waals surface area contributed by atoms with Crippen molar-refractivity contribution in [2.24, 2.45) is 5.73 Å². The standard InChI is InChI=1S/C14H12ClNO3/c15-11-6-3-4-9(8-17)13(11)19-12-7-2-1-5-10(12)14(16)18/h1-7,17H,8H2,(H2,16,18). The number of benzene rings is 2. The van der Waals surface area contributed by atoms with E-state index in [1.54, 1.807) is 42.5 Å². The summed E-state index contributed by atoms with van der Waals surface area (Å²) in [5, 5.41) is 9.62. The maximum absolute atomic E-state index is 11.3. The molecule has 0 aliphatic rings. The van der Waals surface area contributed by atoms with E-state index in [0.717, 1.165) is 0 Å². The molecule has 0 aliphatic heterocycles. The van der Waals surface area contributed by atoms with Crippen LogP contribution in [0.15, 0.2) is 42.5 Å². The van der Waals surface area contributed by atoms with Crippen molar-refractivity contribution in [1.29, 1.82) is 0 Å². The van der Waals surface area contributed by atoms with E-state index in [2.05, 4.69) is 0 Å². The Morgan fingerprint density at radius 1 is 1.21 bits per heavy atom. The van der Waals surface area contributed by atoms with E-state index in [0.29, 0.717) is 22.1 Å². The first kappa shape index (κ1) is 13.4. The summed E-state index contributed by atoms with van der Waals surface area (Å²) in [6.07, 6.45) is 0. The van der Waals surface area contributed by atoms with E-state index in [1.807, 2.05) is 0 Å². The molecule has 1 amide bonds. The lowest BCUT2D eigenvalue weighted by Gasteiger charge is -2.13. The molecule has 2 aromatic rings. The number of nitrogens with two attached hydrogens (primary N) is 1. The Balaban J connectivity index is 2.45. The van der Waals surface area contributed by atoms with Crippen molar-refractivity contribution < 1.29 is 14.6 Å². The van der Waals surface area contributed by atoms with E-state index in [1.165, 1.54) is 0 Å². The number of aliphatic hydroxyl groups is 1. The van der Waals surface area contributed by atoms with Gasteiger partial charge in [0, 0.05) is 5.56 Å². The number of amides is 1. The predicted molar refractivity (Wildman–Crippen MR) is 72.4 cm³/mol. The second-order valence-corrected chi connectivity index (χ2v) is 4.26. The van der Waals surface area contributed by atoms with Gasteiger partial charge in [-0.25, -0.2) is 0 Å². The molecule has 0 bridgehead atoms. The largest absolute Gasteiger partial charge is 0.455 e. The molecule has 19 heavy (non-hydrogen) atoms. The Bertz CT molecular complexity index is 613. The summed E-state index contributed by atoms with van der Waals surface area (Å²) in [7, 11) is 0. The van der Waals surface area contributed by atoms with E-state index in [9.17, 15) is 9.90 Å². The minimum absolute atomic E-state index is 0.214. The highest BCUT2D eigenvalue weighted by molar-refractivity contribution is 6.32. The van der Waals surface area contributed by atoms with Crippen LogP contribution in [0.2, 0.25) is 5.02 Å². The molecule has 0 spiro atoms. The number of para-hydroxylation sites is 2. The zero-order valence-electron chi connectivity index (χ0n) is 9.97. The fourth-order valence-corrected chi connectivity index (χ4v) is 1.89. The number of rotatable bonds is 4. The molecule has 2 rings (SSSR count). The second-order valence-electron chi connectivity index (χ2n) is 3.85. The van der Waals surface area contributed by atoms with E-state index in [-0.39, 0.29) is 12.2 Å². The average Bonchev–Trinajstić information content (AvgIpc) is 2.41. The summed E-state index contributed by atoms with van der Waals surface area (Å²) in [6, 6.07) is 11.6. The van der Waals surface area contributed by atoms with Gasteiger partial charge in [-0.05, 0) is 18.2 Å². The van der Waals surface area contributed by atoms with E-state index < -0.39 is 5.91 Å². The lowest BCUT2D eigenvalue weighted by atomic mass is 10.2. The molecule has 0 unspecified atom stereocenters. The molecule has 98 valence electrons. The summed E-state index contributed by atoms with van der Waals surface area (Å²) in [5.74, 6) is 0.0337. The van der Waals surface area contributed by atoms with Gasteiger partial charge in [-0.3, -0.25) is 4.79 Å². The number of hydrogen-bond acceptors (Lipinski definition) is 3. The highest BCUT2D eigenvalue weighted by Gasteiger charge is 2.13. The maximum Gasteiger partial charge on any atom is 0.252 e. The molecule has 0 aliphatic carbocycles. The predicted octanol–water partition coefficient (Wildman–Crippen LogP) is 2.72. The summed E-state index contributed by atoms with van der Waals surface area (Å²) >= 11 is 6.04. The minimum Gasteiger partial charge on any atom is -0.455 e. The minimum atomic E-state index is -0.590. The number of primary amides is 1. The third-order valence-corrected chi connectivity index (χ3v) is 2.88. The molecule has 0 fully saturated rings. The molecule has 0 saturated heterocycles. The monoisotopic (exact) mass is 277 g/mol. The van der Waals surface area contributed by atoms with Crippen LogP contribution in [0.3, 0.4) is 0 Å². The first-order valence-electron chi connectivity index (χ1n) is 5.58. The fraction of sp³-hybridized carbons (Fsp3) is 0.0714. The molecule has 4 nitrogen and oxygen atoms in total. The topological polar surface area (TPSA) is 72.6 Å². The number of halogens is 1. The van der Waals surface area contributed by atoms with Gasteiger partial charge in [0.1, 0.15) is 5.75 Å². The average molecular weight is 278 g/mol. The van der Waals surface area contributed by atoms with Gasteiger partial charge in [0.15, 0.2) is 5.75 Å². The summed E-state index contributed by atoms with van der Waals surface area (Å²) in [5.41, 5.74) is 6.07. The third kappa shape index (κ3) is 2.86. The Labute approximate surface area is 115 Å². The highest BCUT2D eigenvalue weighted by Crippen LogP contribution is 2.34. The van der Waals surface area contributed by atoms with Crippen LogP contribution in [0.4, 0.5) is 0 Å². The van der Waals surface area contributed by atoms with Gasteiger partial charge in [-0.2, -0.15) is 0 Å². The van der Waals surface area contributed by atoms with Gasteiger partial charge >= 0.3 is 0 Å². The van der Waals surface area contributed by atoms with Crippen molar-refractivity contribution in [2.75, 3.05) is 0 Å². The normalized spacial score (nSPS) is 10.2. The fourth-order valence-electron chi connectivity index (χ4n) is 1.66. The van der Waals surface area contributed by atoms with Crippen LogP contribution in [0, 0.1) is 0 Å². The molecular weight excluding hydrogens is 266 g/mol. The zero-order chi connectivity index (χ0) is 13.8. The van der Waals surface area contributed by atoms with Crippen molar-refractivity contribution in [3.8, 4) is 11.5 Å². The number of aliphatic hydroxyl groups excluding tert-OH is 1. The first-order valence-corrected chi connectivity index (χ1v) is 5.96. The zero-order valence-corrected chi connectivity index (χ0v) is 10.7. The van der Waals surface area contributed by atoms with Crippen LogP contribution in [0.5, 0.6) is 11.5 Å².